The zero-order valence-electron chi connectivity index (χ0n) is 19.1. The zero-order chi connectivity index (χ0) is 23.5. The molecule has 1 aromatic heterocycles. The Hall–Kier alpha value is -2.52. The largest absolute Gasteiger partial charge is 0.483 e. The molecule has 0 aliphatic carbocycles. The molecule has 4 rings (SSSR count). The molecule has 3 fully saturated rings. The molecule has 0 bridgehead atoms. The molecular weight excluding hydrogens is 426 g/mol. The van der Waals surface area contributed by atoms with Gasteiger partial charge in [-0.2, -0.15) is 0 Å². The van der Waals surface area contributed by atoms with E-state index in [4.69, 9.17) is 19.4 Å². The van der Waals surface area contributed by atoms with E-state index in [0.717, 1.165) is 57.3 Å². The lowest BCUT2D eigenvalue weighted by atomic mass is 9.82. The molecule has 3 aliphatic heterocycles. The van der Waals surface area contributed by atoms with E-state index in [9.17, 15) is 9.59 Å². The van der Waals surface area contributed by atoms with Gasteiger partial charge in [-0.15, -0.1) is 0 Å². The normalized spacial score (nSPS) is 22.7. The first kappa shape index (κ1) is 25.1. The van der Waals surface area contributed by atoms with E-state index in [0.29, 0.717) is 38.5 Å². The van der Waals surface area contributed by atoms with Crippen LogP contribution in [0.5, 0.6) is 0 Å². The van der Waals surface area contributed by atoms with E-state index in [1.54, 1.807) is 12.4 Å². The summed E-state index contributed by atoms with van der Waals surface area (Å²) in [5, 5.41) is 10.1. The number of ether oxygens (including phenoxy) is 2. The SMILES string of the molecule is O=C(CC1CCOCC1)NC1CCOC2(CCN(C(=O)Cc3cccnc3)CC2)C1.O=CO. The van der Waals surface area contributed by atoms with E-state index in [-0.39, 0.29) is 29.9 Å². The highest BCUT2D eigenvalue weighted by Gasteiger charge is 2.41. The van der Waals surface area contributed by atoms with Gasteiger partial charge < -0.3 is 24.8 Å². The molecule has 33 heavy (non-hydrogen) atoms. The Balaban J connectivity index is 0.000000968. The lowest BCUT2D eigenvalue weighted by molar-refractivity contribution is -0.145. The van der Waals surface area contributed by atoms with Crippen molar-refractivity contribution in [1.82, 2.24) is 15.2 Å². The topological polar surface area (TPSA) is 118 Å². The number of nitrogens with zero attached hydrogens (tertiary/aromatic N) is 2. The highest BCUT2D eigenvalue weighted by atomic mass is 16.5. The van der Waals surface area contributed by atoms with Gasteiger partial charge in [0, 0.05) is 57.8 Å². The zero-order valence-corrected chi connectivity index (χ0v) is 19.1. The second-order valence-corrected chi connectivity index (χ2v) is 9.07. The Bertz CT molecular complexity index is 761. The van der Waals surface area contributed by atoms with Crippen molar-refractivity contribution < 1.29 is 29.0 Å². The molecule has 9 heteroatoms. The standard InChI is InChI=1S/C23H33N3O4.CH2O2/c27-21(14-18-3-11-29-12-4-18)25-20-5-13-30-23(16-20)6-9-26(10-7-23)22(28)15-19-2-1-8-24-17-19;2-1-3/h1-2,8,17-18,20H,3-7,9-16H2,(H,25,27);1H,(H,2,3). The summed E-state index contributed by atoms with van der Waals surface area (Å²) in [6.07, 6.45) is 9.80. The van der Waals surface area contributed by atoms with Crippen molar-refractivity contribution in [3.05, 3.63) is 30.1 Å². The maximum atomic E-state index is 12.6. The third kappa shape index (κ3) is 7.78. The number of rotatable bonds is 5. The number of hydrogen-bond acceptors (Lipinski definition) is 6. The quantitative estimate of drug-likeness (QED) is 0.642. The fourth-order valence-electron chi connectivity index (χ4n) is 4.95. The van der Waals surface area contributed by atoms with Crippen molar-refractivity contribution >= 4 is 18.3 Å². The summed E-state index contributed by atoms with van der Waals surface area (Å²) in [6.45, 7) is 3.39. The second kappa shape index (κ2) is 12.6. The molecule has 3 saturated heterocycles. The third-order valence-corrected chi connectivity index (χ3v) is 6.78. The predicted octanol–water partition coefficient (Wildman–Crippen LogP) is 1.80. The van der Waals surface area contributed by atoms with Crippen molar-refractivity contribution in [3.8, 4) is 0 Å². The fraction of sp³-hybridized carbons (Fsp3) is 0.667. The van der Waals surface area contributed by atoms with E-state index in [1.165, 1.54) is 0 Å². The number of carbonyl (C=O) groups is 3. The lowest BCUT2D eigenvalue weighted by Gasteiger charge is -2.46. The first-order valence-electron chi connectivity index (χ1n) is 11.8. The van der Waals surface area contributed by atoms with Gasteiger partial charge in [0.1, 0.15) is 0 Å². The number of carboxylic acid groups (broad SMARTS) is 1. The van der Waals surface area contributed by atoms with Crippen LogP contribution in [0, 0.1) is 5.92 Å². The first-order valence-corrected chi connectivity index (χ1v) is 11.8. The van der Waals surface area contributed by atoms with Crippen LogP contribution in [0.3, 0.4) is 0 Å². The van der Waals surface area contributed by atoms with Gasteiger partial charge in [-0.1, -0.05) is 6.07 Å². The Labute approximate surface area is 194 Å². The summed E-state index contributed by atoms with van der Waals surface area (Å²) in [7, 11) is 0. The van der Waals surface area contributed by atoms with Gasteiger partial charge >= 0.3 is 0 Å². The number of piperidine rings is 1. The summed E-state index contributed by atoms with van der Waals surface area (Å²) >= 11 is 0. The molecule has 2 N–H and O–H groups in total. The molecule has 4 heterocycles. The van der Waals surface area contributed by atoms with Gasteiger partial charge in [0.05, 0.1) is 12.0 Å². The third-order valence-electron chi connectivity index (χ3n) is 6.78. The highest BCUT2D eigenvalue weighted by molar-refractivity contribution is 5.78. The average molecular weight is 462 g/mol. The van der Waals surface area contributed by atoms with E-state index < -0.39 is 0 Å². The smallest absolute Gasteiger partial charge is 0.290 e. The van der Waals surface area contributed by atoms with Gasteiger partial charge in [-0.05, 0) is 56.1 Å². The van der Waals surface area contributed by atoms with Crippen LogP contribution in [-0.2, 0) is 30.3 Å². The molecule has 2 amide bonds. The average Bonchev–Trinajstić information content (AvgIpc) is 2.81. The van der Waals surface area contributed by atoms with Crippen LogP contribution >= 0.6 is 0 Å². The first-order chi connectivity index (χ1) is 16.0. The number of aromatic nitrogens is 1. The van der Waals surface area contributed by atoms with Crippen LogP contribution in [0.15, 0.2) is 24.5 Å². The molecule has 0 aromatic carbocycles. The number of nitrogens with one attached hydrogen (secondary N) is 1. The Morgan fingerprint density at radius 3 is 2.61 bits per heavy atom. The van der Waals surface area contributed by atoms with Crippen LogP contribution in [-0.4, -0.2) is 77.8 Å². The maximum Gasteiger partial charge on any atom is 0.290 e. The van der Waals surface area contributed by atoms with Gasteiger partial charge in [-0.3, -0.25) is 19.4 Å². The molecule has 1 aromatic rings. The lowest BCUT2D eigenvalue weighted by Crippen LogP contribution is -2.54. The number of amides is 2. The van der Waals surface area contributed by atoms with Crippen molar-refractivity contribution in [2.24, 2.45) is 5.92 Å². The summed E-state index contributed by atoms with van der Waals surface area (Å²) < 4.78 is 11.6. The summed E-state index contributed by atoms with van der Waals surface area (Å²) in [5.74, 6) is 0.754. The summed E-state index contributed by atoms with van der Waals surface area (Å²) in [5.41, 5.74) is 0.740. The van der Waals surface area contributed by atoms with Crippen molar-refractivity contribution in [2.45, 2.75) is 63.0 Å². The van der Waals surface area contributed by atoms with Crippen LogP contribution in [0.2, 0.25) is 0 Å². The van der Waals surface area contributed by atoms with Crippen LogP contribution < -0.4 is 5.32 Å². The van der Waals surface area contributed by atoms with E-state index in [2.05, 4.69) is 10.3 Å². The molecule has 1 atom stereocenters. The summed E-state index contributed by atoms with van der Waals surface area (Å²) in [4.78, 5) is 39.5. The second-order valence-electron chi connectivity index (χ2n) is 9.07. The minimum atomic E-state index is -0.250. The van der Waals surface area contributed by atoms with Crippen molar-refractivity contribution in [2.75, 3.05) is 32.9 Å². The molecule has 3 aliphatic rings. The minimum absolute atomic E-state index is 0.148. The fourth-order valence-corrected chi connectivity index (χ4v) is 4.95. The van der Waals surface area contributed by atoms with E-state index >= 15 is 0 Å². The minimum Gasteiger partial charge on any atom is -0.483 e. The van der Waals surface area contributed by atoms with Crippen LogP contribution in [0.25, 0.3) is 0 Å². The van der Waals surface area contributed by atoms with Crippen LogP contribution in [0.4, 0.5) is 0 Å². The number of hydrogen-bond donors (Lipinski definition) is 2. The molecule has 0 saturated carbocycles. The molecule has 1 unspecified atom stereocenters. The van der Waals surface area contributed by atoms with Crippen LogP contribution in [0.1, 0.15) is 50.5 Å². The molecule has 182 valence electrons. The number of carbonyl (C=O) groups excluding carboxylic acids is 2. The van der Waals surface area contributed by atoms with Crippen molar-refractivity contribution in [3.63, 3.8) is 0 Å². The Morgan fingerprint density at radius 1 is 1.21 bits per heavy atom. The monoisotopic (exact) mass is 461 g/mol. The Morgan fingerprint density at radius 2 is 1.94 bits per heavy atom. The molecule has 0 radical (unpaired) electrons. The Kier molecular flexibility index (Phi) is 9.62. The number of likely N-dealkylation sites (tertiary alicyclic amines) is 1. The van der Waals surface area contributed by atoms with Gasteiger partial charge in [0.15, 0.2) is 0 Å². The molecule has 1 spiro atoms. The highest BCUT2D eigenvalue weighted by Crippen LogP contribution is 2.35. The predicted molar refractivity (Wildman–Crippen MR) is 120 cm³/mol. The van der Waals surface area contributed by atoms with E-state index in [1.807, 2.05) is 17.0 Å². The number of pyridine rings is 1. The van der Waals surface area contributed by atoms with Crippen molar-refractivity contribution in [1.29, 1.82) is 0 Å². The molecular formula is C24H35N3O6. The van der Waals surface area contributed by atoms with Gasteiger partial charge in [-0.25, -0.2) is 0 Å². The summed E-state index contributed by atoms with van der Waals surface area (Å²) in [6, 6.07) is 3.97. The van der Waals surface area contributed by atoms with Gasteiger partial charge in [0.2, 0.25) is 11.8 Å². The van der Waals surface area contributed by atoms with Gasteiger partial charge in [0.25, 0.3) is 6.47 Å². The maximum absolute atomic E-state index is 12.6. The molecule has 9 nitrogen and oxygen atoms in total.